The number of aryl methyl sites for hydroxylation is 1. The van der Waals surface area contributed by atoms with Gasteiger partial charge < -0.3 is 0 Å². The quantitative estimate of drug-likeness (QED) is 0.611. The topological polar surface area (TPSA) is 56.0 Å². The Labute approximate surface area is 86.2 Å². The summed E-state index contributed by atoms with van der Waals surface area (Å²) in [6.07, 6.45) is -2.08. The average molecular weight is 267 g/mol. The summed E-state index contributed by atoms with van der Waals surface area (Å²) in [4.78, 5) is 13.3. The van der Waals surface area contributed by atoms with Crippen LogP contribution in [0.2, 0.25) is 0 Å². The van der Waals surface area contributed by atoms with Gasteiger partial charge >= 0.3 is 0 Å². The second-order valence-electron chi connectivity index (χ2n) is 2.52. The highest BCUT2D eigenvalue weighted by molar-refractivity contribution is 9.10. The number of nitrogens with zero attached hydrogens (tertiary/aromatic N) is 2. The predicted molar refractivity (Wildman–Crippen MR) is 48.3 cm³/mol. The van der Waals surface area contributed by atoms with E-state index in [1.54, 1.807) is 0 Å². The van der Waals surface area contributed by atoms with Crippen molar-refractivity contribution < 1.29 is 13.7 Å². The third-order valence-corrected chi connectivity index (χ3v) is 2.56. The van der Waals surface area contributed by atoms with E-state index in [1.165, 1.54) is 6.92 Å². The van der Waals surface area contributed by atoms with E-state index in [4.69, 9.17) is 0 Å². The van der Waals surface area contributed by atoms with Gasteiger partial charge in [-0.05, 0) is 22.9 Å². The molecule has 0 N–H and O–H groups in total. The minimum atomic E-state index is -2.90. The summed E-state index contributed by atoms with van der Waals surface area (Å²) in [5.41, 5.74) is -0.985. The van der Waals surface area contributed by atoms with E-state index < -0.39 is 22.6 Å². The van der Waals surface area contributed by atoms with E-state index in [0.717, 1.165) is 6.20 Å². The van der Waals surface area contributed by atoms with Crippen LogP contribution in [-0.2, 0) is 0 Å². The normalized spacial score (nSPS) is 10.6. The zero-order valence-electron chi connectivity index (χ0n) is 7.00. The summed E-state index contributed by atoms with van der Waals surface area (Å²) >= 11 is 2.86. The number of hydrogen-bond acceptors (Lipinski definition) is 3. The molecule has 0 radical (unpaired) electrons. The molecule has 1 aromatic rings. The Morgan fingerprint density at radius 1 is 1.64 bits per heavy atom. The molecule has 76 valence electrons. The summed E-state index contributed by atoms with van der Waals surface area (Å²) in [5, 5.41) is 10.5. The number of alkyl halides is 2. The van der Waals surface area contributed by atoms with Crippen LogP contribution in [-0.4, -0.2) is 9.91 Å². The first-order valence-corrected chi connectivity index (χ1v) is 4.32. The van der Waals surface area contributed by atoms with Gasteiger partial charge in [-0.15, -0.1) is 0 Å². The summed E-state index contributed by atoms with van der Waals surface area (Å²) in [5.74, 6) is 0. The van der Waals surface area contributed by atoms with Gasteiger partial charge in [-0.1, -0.05) is 0 Å². The largest absolute Gasteiger partial charge is 0.295 e. The Bertz CT molecular complexity index is 384. The Kier molecular flexibility index (Phi) is 3.10. The lowest BCUT2D eigenvalue weighted by molar-refractivity contribution is -0.387. The maximum absolute atomic E-state index is 12.3. The molecule has 0 amide bonds. The Morgan fingerprint density at radius 3 is 2.64 bits per heavy atom. The first-order chi connectivity index (χ1) is 6.45. The lowest BCUT2D eigenvalue weighted by Gasteiger charge is -2.04. The van der Waals surface area contributed by atoms with Crippen molar-refractivity contribution >= 4 is 21.6 Å². The summed E-state index contributed by atoms with van der Waals surface area (Å²) in [7, 11) is 0. The second-order valence-corrected chi connectivity index (χ2v) is 3.31. The van der Waals surface area contributed by atoms with Crippen LogP contribution in [0.25, 0.3) is 0 Å². The van der Waals surface area contributed by atoms with Gasteiger partial charge in [-0.25, -0.2) is 8.78 Å². The van der Waals surface area contributed by atoms with Crippen molar-refractivity contribution in [1.29, 1.82) is 0 Å². The number of halogens is 3. The van der Waals surface area contributed by atoms with E-state index in [2.05, 4.69) is 20.9 Å². The molecule has 14 heavy (non-hydrogen) atoms. The number of rotatable bonds is 2. The average Bonchev–Trinajstić information content (AvgIpc) is 2.08. The van der Waals surface area contributed by atoms with Gasteiger partial charge in [-0.3, -0.25) is 15.1 Å². The molecule has 4 nitrogen and oxygen atoms in total. The zero-order chi connectivity index (χ0) is 10.9. The van der Waals surface area contributed by atoms with Crippen molar-refractivity contribution in [2.75, 3.05) is 0 Å². The molecule has 0 spiro atoms. The van der Waals surface area contributed by atoms with E-state index in [0.29, 0.717) is 5.69 Å². The van der Waals surface area contributed by atoms with Crippen LogP contribution in [0.3, 0.4) is 0 Å². The van der Waals surface area contributed by atoms with Crippen LogP contribution in [0, 0.1) is 17.0 Å². The predicted octanol–water partition coefficient (Wildman–Crippen LogP) is 3.00. The molecule has 0 bridgehead atoms. The van der Waals surface area contributed by atoms with Crippen LogP contribution >= 0.6 is 15.9 Å². The second kappa shape index (κ2) is 3.95. The molecule has 1 aromatic heterocycles. The number of pyridine rings is 1. The lowest BCUT2D eigenvalue weighted by atomic mass is 10.2. The highest BCUT2D eigenvalue weighted by atomic mass is 79.9. The number of hydrogen-bond donors (Lipinski definition) is 0. The highest BCUT2D eigenvalue weighted by Crippen LogP contribution is 2.35. The third kappa shape index (κ3) is 1.87. The third-order valence-electron chi connectivity index (χ3n) is 1.61. The van der Waals surface area contributed by atoms with Crippen molar-refractivity contribution in [3.8, 4) is 0 Å². The van der Waals surface area contributed by atoms with Gasteiger partial charge in [0.1, 0.15) is 10.0 Å². The summed E-state index contributed by atoms with van der Waals surface area (Å²) in [6, 6.07) is 0. The van der Waals surface area contributed by atoms with Crippen LogP contribution in [0.1, 0.15) is 17.7 Å². The van der Waals surface area contributed by atoms with E-state index in [-0.39, 0.29) is 4.47 Å². The molecular weight excluding hydrogens is 262 g/mol. The van der Waals surface area contributed by atoms with Crippen molar-refractivity contribution in [2.24, 2.45) is 0 Å². The van der Waals surface area contributed by atoms with Gasteiger partial charge in [0, 0.05) is 6.20 Å². The summed E-state index contributed by atoms with van der Waals surface area (Å²) in [6.45, 7) is 1.49. The fraction of sp³-hybridized carbons (Fsp3) is 0.286. The minimum Gasteiger partial charge on any atom is -0.259 e. The molecule has 0 saturated heterocycles. The Balaban J connectivity index is 3.45. The molecule has 0 aromatic carbocycles. The van der Waals surface area contributed by atoms with Gasteiger partial charge in [0.2, 0.25) is 0 Å². The minimum absolute atomic E-state index is 0.000278. The maximum Gasteiger partial charge on any atom is 0.295 e. The molecule has 0 fully saturated rings. The van der Waals surface area contributed by atoms with Gasteiger partial charge in [0.15, 0.2) is 0 Å². The molecule has 1 heterocycles. The zero-order valence-corrected chi connectivity index (χ0v) is 8.59. The van der Waals surface area contributed by atoms with E-state index in [9.17, 15) is 18.9 Å². The SMILES string of the molecule is Cc1ncc(C(F)F)c([N+](=O)[O-])c1Br. The molecule has 7 heteroatoms. The first kappa shape index (κ1) is 11.0. The van der Waals surface area contributed by atoms with E-state index in [1.807, 2.05) is 0 Å². The smallest absolute Gasteiger partial charge is 0.259 e. The fourth-order valence-corrected chi connectivity index (χ4v) is 1.40. The number of nitro groups is 1. The van der Waals surface area contributed by atoms with Gasteiger partial charge in [0.05, 0.1) is 10.6 Å². The molecule has 0 aliphatic heterocycles. The Hall–Kier alpha value is -1.11. The van der Waals surface area contributed by atoms with Crippen molar-refractivity contribution in [3.05, 3.63) is 32.0 Å². The van der Waals surface area contributed by atoms with Gasteiger partial charge in [-0.2, -0.15) is 0 Å². The highest BCUT2D eigenvalue weighted by Gasteiger charge is 2.26. The molecule has 0 atom stereocenters. The molecule has 0 aliphatic rings. The van der Waals surface area contributed by atoms with E-state index >= 15 is 0 Å². The fourth-order valence-electron chi connectivity index (χ4n) is 0.928. The Morgan fingerprint density at radius 2 is 2.21 bits per heavy atom. The standard InChI is InChI=1S/C7H5BrF2N2O2/c1-3-5(8)6(12(13)14)4(2-11-3)7(9)10/h2,7H,1H3. The van der Waals surface area contributed by atoms with Crippen molar-refractivity contribution in [1.82, 2.24) is 4.98 Å². The molecule has 1 rings (SSSR count). The maximum atomic E-state index is 12.3. The number of aromatic nitrogens is 1. The molecule has 0 aliphatic carbocycles. The van der Waals surface area contributed by atoms with Crippen LogP contribution in [0.4, 0.5) is 14.5 Å². The van der Waals surface area contributed by atoms with Crippen LogP contribution in [0.15, 0.2) is 10.7 Å². The molecule has 0 saturated carbocycles. The lowest BCUT2D eigenvalue weighted by Crippen LogP contribution is -2.00. The van der Waals surface area contributed by atoms with Crippen LogP contribution in [0.5, 0.6) is 0 Å². The van der Waals surface area contributed by atoms with Crippen molar-refractivity contribution in [2.45, 2.75) is 13.3 Å². The first-order valence-electron chi connectivity index (χ1n) is 3.52. The van der Waals surface area contributed by atoms with Gasteiger partial charge in [0.25, 0.3) is 12.1 Å². The molecular formula is C7H5BrF2N2O2. The van der Waals surface area contributed by atoms with Crippen molar-refractivity contribution in [3.63, 3.8) is 0 Å². The monoisotopic (exact) mass is 266 g/mol. The summed E-state index contributed by atoms with van der Waals surface area (Å²) < 4.78 is 24.7. The van der Waals surface area contributed by atoms with Crippen LogP contribution < -0.4 is 0 Å². The molecule has 0 unspecified atom stereocenters.